The van der Waals surface area contributed by atoms with E-state index in [0.717, 1.165) is 6.07 Å². The molecule has 1 aliphatic rings. The van der Waals surface area contributed by atoms with Crippen molar-refractivity contribution in [3.63, 3.8) is 0 Å². The fourth-order valence-electron chi connectivity index (χ4n) is 1.44. The first-order chi connectivity index (χ1) is 6.09. The van der Waals surface area contributed by atoms with Gasteiger partial charge in [-0.15, -0.1) is 0 Å². The predicted molar refractivity (Wildman–Crippen MR) is 43.4 cm³/mol. The van der Waals surface area contributed by atoms with Crippen LogP contribution in [0.15, 0.2) is 12.1 Å². The van der Waals surface area contributed by atoms with Crippen LogP contribution in [0.25, 0.3) is 0 Å². The number of nitrogens with two attached hydrogens (primary N) is 1. The van der Waals surface area contributed by atoms with E-state index in [2.05, 4.69) is 0 Å². The number of hydrogen-bond donors (Lipinski definition) is 2. The van der Waals surface area contributed by atoms with Gasteiger partial charge in [0.25, 0.3) is 0 Å². The summed E-state index contributed by atoms with van der Waals surface area (Å²) in [5, 5.41) is 9.25. The highest BCUT2D eigenvalue weighted by atomic mass is 19.1. The molecule has 0 spiro atoms. The van der Waals surface area contributed by atoms with Crippen molar-refractivity contribution >= 4 is 0 Å². The zero-order chi connectivity index (χ0) is 9.59. The Morgan fingerprint density at radius 3 is 2.54 bits per heavy atom. The van der Waals surface area contributed by atoms with Crippen LogP contribution >= 0.6 is 0 Å². The fourth-order valence-corrected chi connectivity index (χ4v) is 1.44. The Labute approximate surface area is 74.0 Å². The van der Waals surface area contributed by atoms with Gasteiger partial charge in [-0.3, -0.25) is 0 Å². The molecule has 1 aromatic rings. The highest BCUT2D eigenvalue weighted by Gasteiger charge is 2.37. The van der Waals surface area contributed by atoms with Crippen LogP contribution in [0.3, 0.4) is 0 Å². The topological polar surface area (TPSA) is 46.2 Å². The van der Waals surface area contributed by atoms with Crippen molar-refractivity contribution in [2.75, 3.05) is 0 Å². The minimum absolute atomic E-state index is 0.0768. The Bertz CT molecular complexity index is 354. The van der Waals surface area contributed by atoms with Gasteiger partial charge in [-0.1, -0.05) is 0 Å². The van der Waals surface area contributed by atoms with Gasteiger partial charge in [-0.05, 0) is 12.5 Å². The summed E-state index contributed by atoms with van der Waals surface area (Å²) in [6.07, 6.45) is 0.677. The van der Waals surface area contributed by atoms with Crippen molar-refractivity contribution in [2.24, 2.45) is 5.73 Å². The molecule has 1 aromatic carbocycles. The number of benzene rings is 1. The lowest BCUT2D eigenvalue weighted by atomic mass is 10.1. The average molecular weight is 185 g/mol. The summed E-state index contributed by atoms with van der Waals surface area (Å²) >= 11 is 0. The number of phenolic OH excluding ortho intramolecular Hbond substituents is 1. The minimum atomic E-state index is -0.922. The molecule has 0 bridgehead atoms. The maximum atomic E-state index is 12.8. The summed E-state index contributed by atoms with van der Waals surface area (Å²) in [5.74, 6) is -2.16. The molecule has 2 atom stereocenters. The standard InChI is InChI=1S/C9H9F2NO/c10-4-1-6(5-3-8(5)12)9(13)7(11)2-4/h1-2,5,8,13H,3,12H2/t5-,8+/m0/s1. The van der Waals surface area contributed by atoms with Gasteiger partial charge >= 0.3 is 0 Å². The molecule has 1 saturated carbocycles. The maximum absolute atomic E-state index is 12.8. The first-order valence-electron chi connectivity index (χ1n) is 4.03. The van der Waals surface area contributed by atoms with Gasteiger partial charge in [-0.2, -0.15) is 0 Å². The predicted octanol–water partition coefficient (Wildman–Crippen LogP) is 1.48. The van der Waals surface area contributed by atoms with Gasteiger partial charge in [0, 0.05) is 23.6 Å². The zero-order valence-corrected chi connectivity index (χ0v) is 6.80. The number of rotatable bonds is 1. The van der Waals surface area contributed by atoms with Gasteiger partial charge in [0.05, 0.1) is 0 Å². The Morgan fingerprint density at radius 2 is 2.00 bits per heavy atom. The van der Waals surface area contributed by atoms with E-state index in [1.54, 1.807) is 0 Å². The van der Waals surface area contributed by atoms with Crippen LogP contribution < -0.4 is 5.73 Å². The van der Waals surface area contributed by atoms with Crippen LogP contribution in [-0.4, -0.2) is 11.1 Å². The summed E-state index contributed by atoms with van der Waals surface area (Å²) in [4.78, 5) is 0. The van der Waals surface area contributed by atoms with Gasteiger partial charge < -0.3 is 10.8 Å². The van der Waals surface area contributed by atoms with E-state index in [0.29, 0.717) is 12.5 Å². The molecule has 2 nitrogen and oxygen atoms in total. The Balaban J connectivity index is 2.44. The lowest BCUT2D eigenvalue weighted by Gasteiger charge is -2.03. The Hall–Kier alpha value is -1.16. The van der Waals surface area contributed by atoms with E-state index in [-0.39, 0.29) is 17.5 Å². The van der Waals surface area contributed by atoms with E-state index >= 15 is 0 Å². The largest absolute Gasteiger partial charge is 0.505 e. The quantitative estimate of drug-likeness (QED) is 0.696. The second-order valence-electron chi connectivity index (χ2n) is 3.33. The Kier molecular flexibility index (Phi) is 1.73. The first kappa shape index (κ1) is 8.44. The molecule has 0 heterocycles. The lowest BCUT2D eigenvalue weighted by molar-refractivity contribution is 0.421. The van der Waals surface area contributed by atoms with Crippen LogP contribution in [0.4, 0.5) is 8.78 Å². The number of halogens is 2. The summed E-state index contributed by atoms with van der Waals surface area (Å²) < 4.78 is 25.6. The molecular formula is C9H9F2NO. The molecule has 4 heteroatoms. The zero-order valence-electron chi connectivity index (χ0n) is 6.80. The fraction of sp³-hybridized carbons (Fsp3) is 0.333. The number of phenols is 1. The van der Waals surface area contributed by atoms with Crippen molar-refractivity contribution < 1.29 is 13.9 Å². The summed E-state index contributed by atoms with van der Waals surface area (Å²) in [6, 6.07) is 1.72. The van der Waals surface area contributed by atoms with Gasteiger partial charge in [0.2, 0.25) is 0 Å². The first-order valence-corrected chi connectivity index (χ1v) is 4.03. The molecule has 0 aromatic heterocycles. The molecule has 2 rings (SSSR count). The monoisotopic (exact) mass is 185 g/mol. The SMILES string of the molecule is N[C@@H]1C[C@H]1c1cc(F)cc(F)c1O. The molecule has 1 fully saturated rings. The summed E-state index contributed by atoms with van der Waals surface area (Å²) in [5.41, 5.74) is 5.79. The molecule has 3 N–H and O–H groups in total. The highest BCUT2D eigenvalue weighted by Crippen LogP contribution is 2.43. The van der Waals surface area contributed by atoms with Gasteiger partial charge in [0.15, 0.2) is 11.6 Å². The summed E-state index contributed by atoms with van der Waals surface area (Å²) in [7, 11) is 0. The van der Waals surface area contributed by atoms with Crippen molar-refractivity contribution in [3.05, 3.63) is 29.3 Å². The molecule has 13 heavy (non-hydrogen) atoms. The second kappa shape index (κ2) is 2.67. The third-order valence-corrected chi connectivity index (χ3v) is 2.30. The van der Waals surface area contributed by atoms with E-state index in [1.165, 1.54) is 0 Å². The number of hydrogen-bond acceptors (Lipinski definition) is 2. The second-order valence-corrected chi connectivity index (χ2v) is 3.33. The van der Waals surface area contributed by atoms with Crippen LogP contribution in [0.2, 0.25) is 0 Å². The smallest absolute Gasteiger partial charge is 0.168 e. The summed E-state index contributed by atoms with van der Waals surface area (Å²) in [6.45, 7) is 0. The maximum Gasteiger partial charge on any atom is 0.168 e. The Morgan fingerprint density at radius 1 is 1.38 bits per heavy atom. The molecule has 0 amide bonds. The van der Waals surface area contributed by atoms with E-state index in [1.807, 2.05) is 0 Å². The molecule has 0 unspecified atom stereocenters. The normalized spacial score (nSPS) is 26.1. The van der Waals surface area contributed by atoms with Crippen molar-refractivity contribution in [3.8, 4) is 5.75 Å². The van der Waals surface area contributed by atoms with Crippen molar-refractivity contribution in [2.45, 2.75) is 18.4 Å². The van der Waals surface area contributed by atoms with Crippen molar-refractivity contribution in [1.29, 1.82) is 0 Å². The third-order valence-electron chi connectivity index (χ3n) is 2.30. The van der Waals surface area contributed by atoms with E-state index in [4.69, 9.17) is 5.73 Å². The van der Waals surface area contributed by atoms with Crippen molar-refractivity contribution in [1.82, 2.24) is 0 Å². The molecule has 0 aliphatic heterocycles. The lowest BCUT2D eigenvalue weighted by Crippen LogP contribution is -2.01. The van der Waals surface area contributed by atoms with E-state index in [9.17, 15) is 13.9 Å². The molecule has 0 saturated heterocycles. The molecule has 0 radical (unpaired) electrons. The van der Waals surface area contributed by atoms with Gasteiger partial charge in [-0.25, -0.2) is 8.78 Å². The number of aromatic hydroxyl groups is 1. The van der Waals surface area contributed by atoms with Crippen LogP contribution in [0.5, 0.6) is 5.75 Å². The third kappa shape index (κ3) is 1.37. The molecule has 70 valence electrons. The van der Waals surface area contributed by atoms with Crippen LogP contribution in [-0.2, 0) is 0 Å². The van der Waals surface area contributed by atoms with Crippen LogP contribution in [0.1, 0.15) is 17.9 Å². The molecular weight excluding hydrogens is 176 g/mol. The molecule has 1 aliphatic carbocycles. The minimum Gasteiger partial charge on any atom is -0.505 e. The van der Waals surface area contributed by atoms with E-state index < -0.39 is 17.4 Å². The average Bonchev–Trinajstić information content (AvgIpc) is 2.75. The van der Waals surface area contributed by atoms with Crippen LogP contribution in [0, 0.1) is 11.6 Å². The highest BCUT2D eigenvalue weighted by molar-refractivity contribution is 5.41. The van der Waals surface area contributed by atoms with Gasteiger partial charge in [0.1, 0.15) is 5.82 Å².